The fourth-order valence-electron chi connectivity index (χ4n) is 2.45. The van der Waals surface area contributed by atoms with Crippen molar-refractivity contribution >= 4 is 29.9 Å². The smallest absolute Gasteiger partial charge is 0.241 e. The van der Waals surface area contributed by atoms with Gasteiger partial charge in [-0.2, -0.15) is 0 Å². The van der Waals surface area contributed by atoms with Gasteiger partial charge in [-0.3, -0.25) is 4.79 Å². The molecule has 0 aliphatic rings. The summed E-state index contributed by atoms with van der Waals surface area (Å²) in [7, 11) is 0. The number of rotatable bonds is 5. The van der Waals surface area contributed by atoms with E-state index in [0.29, 0.717) is 12.1 Å². The van der Waals surface area contributed by atoms with E-state index in [1.165, 1.54) is 0 Å². The molecule has 0 radical (unpaired) electrons. The lowest BCUT2D eigenvalue weighted by molar-refractivity contribution is -0.117. The SMILES string of the molecule is Cl.Nc1nccc(-c2ccc(NC(=O)C(N)Cc3ccccc3)cc2)n1. The van der Waals surface area contributed by atoms with Gasteiger partial charge in [0, 0.05) is 17.4 Å². The van der Waals surface area contributed by atoms with Gasteiger partial charge in [-0.1, -0.05) is 42.5 Å². The quantitative estimate of drug-likeness (QED) is 0.641. The van der Waals surface area contributed by atoms with E-state index in [-0.39, 0.29) is 24.3 Å². The summed E-state index contributed by atoms with van der Waals surface area (Å²) in [5.41, 5.74) is 14.9. The second-order valence-corrected chi connectivity index (χ2v) is 5.66. The molecular formula is C19H20ClN5O. The van der Waals surface area contributed by atoms with Crippen molar-refractivity contribution in [3.8, 4) is 11.3 Å². The number of benzene rings is 2. The Labute approximate surface area is 158 Å². The minimum absolute atomic E-state index is 0. The normalized spacial score (nSPS) is 11.3. The number of nitrogen functional groups attached to an aromatic ring is 1. The monoisotopic (exact) mass is 369 g/mol. The molecule has 1 unspecified atom stereocenters. The highest BCUT2D eigenvalue weighted by Crippen LogP contribution is 2.19. The number of halogens is 1. The van der Waals surface area contributed by atoms with Gasteiger partial charge in [0.1, 0.15) is 0 Å². The maximum atomic E-state index is 12.2. The van der Waals surface area contributed by atoms with E-state index in [4.69, 9.17) is 11.5 Å². The topological polar surface area (TPSA) is 107 Å². The van der Waals surface area contributed by atoms with E-state index in [1.54, 1.807) is 24.4 Å². The number of carbonyl (C=O) groups is 1. The van der Waals surface area contributed by atoms with Crippen LogP contribution in [-0.4, -0.2) is 21.9 Å². The van der Waals surface area contributed by atoms with Crippen LogP contribution in [0.15, 0.2) is 66.9 Å². The number of amides is 1. The van der Waals surface area contributed by atoms with Crippen molar-refractivity contribution in [2.45, 2.75) is 12.5 Å². The second-order valence-electron chi connectivity index (χ2n) is 5.66. The number of hydrogen-bond donors (Lipinski definition) is 3. The Hall–Kier alpha value is -2.96. The van der Waals surface area contributed by atoms with Gasteiger partial charge >= 0.3 is 0 Å². The molecule has 3 rings (SSSR count). The number of aromatic nitrogens is 2. The van der Waals surface area contributed by atoms with Crippen molar-refractivity contribution < 1.29 is 4.79 Å². The summed E-state index contributed by atoms with van der Waals surface area (Å²) in [6, 6.07) is 18.2. The van der Waals surface area contributed by atoms with Crippen molar-refractivity contribution in [3.05, 3.63) is 72.4 Å². The Kier molecular flexibility index (Phi) is 6.66. The minimum Gasteiger partial charge on any atom is -0.368 e. The van der Waals surface area contributed by atoms with Crippen LogP contribution < -0.4 is 16.8 Å². The fourth-order valence-corrected chi connectivity index (χ4v) is 2.45. The Balaban J connectivity index is 0.00000243. The molecule has 1 atom stereocenters. The summed E-state index contributed by atoms with van der Waals surface area (Å²) < 4.78 is 0. The lowest BCUT2D eigenvalue weighted by Gasteiger charge is -2.12. The van der Waals surface area contributed by atoms with Crippen LogP contribution in [0.3, 0.4) is 0 Å². The maximum absolute atomic E-state index is 12.2. The zero-order chi connectivity index (χ0) is 17.6. The molecule has 7 heteroatoms. The van der Waals surface area contributed by atoms with Crippen molar-refractivity contribution in [2.75, 3.05) is 11.1 Å². The summed E-state index contributed by atoms with van der Waals surface area (Å²) in [6.45, 7) is 0. The molecule has 0 spiro atoms. The van der Waals surface area contributed by atoms with Crippen molar-refractivity contribution in [1.82, 2.24) is 9.97 Å². The molecule has 0 aliphatic carbocycles. The molecule has 1 aromatic heterocycles. The summed E-state index contributed by atoms with van der Waals surface area (Å²) in [5.74, 6) is 0.00430. The van der Waals surface area contributed by atoms with Gasteiger partial charge in [0.25, 0.3) is 0 Å². The molecule has 134 valence electrons. The molecule has 26 heavy (non-hydrogen) atoms. The average Bonchev–Trinajstić information content (AvgIpc) is 2.63. The third-order valence-electron chi connectivity index (χ3n) is 3.76. The van der Waals surface area contributed by atoms with Gasteiger partial charge in [0.2, 0.25) is 11.9 Å². The molecule has 3 aromatic rings. The van der Waals surface area contributed by atoms with Gasteiger partial charge in [-0.25, -0.2) is 9.97 Å². The Morgan fingerprint density at radius 2 is 1.73 bits per heavy atom. The van der Waals surface area contributed by atoms with Crippen LogP contribution in [0.2, 0.25) is 0 Å². The lowest BCUT2D eigenvalue weighted by Crippen LogP contribution is -2.37. The van der Waals surface area contributed by atoms with Gasteiger partial charge in [-0.05, 0) is 30.2 Å². The summed E-state index contributed by atoms with van der Waals surface area (Å²) in [5, 5.41) is 2.83. The molecular weight excluding hydrogens is 350 g/mol. The molecule has 0 bridgehead atoms. The molecule has 6 nitrogen and oxygen atoms in total. The molecule has 0 saturated heterocycles. The first-order chi connectivity index (χ1) is 12.1. The number of hydrogen-bond acceptors (Lipinski definition) is 5. The van der Waals surface area contributed by atoms with Crippen LogP contribution in [0.4, 0.5) is 11.6 Å². The first-order valence-electron chi connectivity index (χ1n) is 7.91. The standard InChI is InChI=1S/C19H19N5O.ClH/c20-16(12-13-4-2-1-3-5-13)18(25)23-15-8-6-14(7-9-15)17-10-11-22-19(21)24-17;/h1-11,16H,12,20H2,(H,23,25)(H2,21,22,24);1H. The Morgan fingerprint density at radius 3 is 2.38 bits per heavy atom. The maximum Gasteiger partial charge on any atom is 0.241 e. The third-order valence-corrected chi connectivity index (χ3v) is 3.76. The Bertz CT molecular complexity index is 855. The summed E-state index contributed by atoms with van der Waals surface area (Å²) in [6.07, 6.45) is 2.10. The van der Waals surface area contributed by atoms with Crippen LogP contribution in [0.5, 0.6) is 0 Å². The molecule has 0 aliphatic heterocycles. The molecule has 0 saturated carbocycles. The molecule has 5 N–H and O–H groups in total. The second kappa shape index (κ2) is 8.94. The predicted octanol–water partition coefficient (Wildman–Crippen LogP) is 2.66. The zero-order valence-electron chi connectivity index (χ0n) is 14.0. The summed E-state index contributed by atoms with van der Waals surface area (Å²) >= 11 is 0. The van der Waals surface area contributed by atoms with E-state index in [2.05, 4.69) is 15.3 Å². The first kappa shape index (κ1) is 19.4. The average molecular weight is 370 g/mol. The number of carbonyl (C=O) groups excluding carboxylic acids is 1. The van der Waals surface area contributed by atoms with E-state index in [0.717, 1.165) is 16.8 Å². The minimum atomic E-state index is -0.608. The fraction of sp³-hybridized carbons (Fsp3) is 0.105. The van der Waals surface area contributed by atoms with E-state index in [9.17, 15) is 4.79 Å². The van der Waals surface area contributed by atoms with Crippen LogP contribution >= 0.6 is 12.4 Å². The molecule has 1 heterocycles. The number of nitrogens with one attached hydrogen (secondary N) is 1. The van der Waals surface area contributed by atoms with Gasteiger partial charge in [0.05, 0.1) is 11.7 Å². The first-order valence-corrected chi connectivity index (χ1v) is 7.91. The van der Waals surface area contributed by atoms with Gasteiger partial charge in [0.15, 0.2) is 0 Å². The predicted molar refractivity (Wildman–Crippen MR) is 106 cm³/mol. The summed E-state index contributed by atoms with van der Waals surface area (Å²) in [4.78, 5) is 20.3. The van der Waals surface area contributed by atoms with Crippen LogP contribution in [0, 0.1) is 0 Å². The van der Waals surface area contributed by atoms with Crippen LogP contribution in [-0.2, 0) is 11.2 Å². The van der Waals surface area contributed by atoms with Crippen molar-refractivity contribution in [1.29, 1.82) is 0 Å². The largest absolute Gasteiger partial charge is 0.368 e. The zero-order valence-corrected chi connectivity index (χ0v) is 14.8. The van der Waals surface area contributed by atoms with Crippen molar-refractivity contribution in [2.24, 2.45) is 5.73 Å². The van der Waals surface area contributed by atoms with E-state index < -0.39 is 6.04 Å². The number of nitrogens with zero attached hydrogens (tertiary/aromatic N) is 2. The van der Waals surface area contributed by atoms with E-state index in [1.807, 2.05) is 42.5 Å². The molecule has 1 amide bonds. The molecule has 2 aromatic carbocycles. The lowest BCUT2D eigenvalue weighted by atomic mass is 10.1. The highest BCUT2D eigenvalue weighted by atomic mass is 35.5. The van der Waals surface area contributed by atoms with Gasteiger partial charge < -0.3 is 16.8 Å². The highest BCUT2D eigenvalue weighted by Gasteiger charge is 2.14. The van der Waals surface area contributed by atoms with E-state index >= 15 is 0 Å². The Morgan fingerprint density at radius 1 is 1.04 bits per heavy atom. The molecule has 0 fully saturated rings. The number of anilines is 2. The third kappa shape index (κ3) is 5.02. The van der Waals surface area contributed by atoms with Crippen LogP contribution in [0.25, 0.3) is 11.3 Å². The van der Waals surface area contributed by atoms with Crippen molar-refractivity contribution in [3.63, 3.8) is 0 Å². The van der Waals surface area contributed by atoms with Gasteiger partial charge in [-0.15, -0.1) is 12.4 Å². The van der Waals surface area contributed by atoms with Crippen LogP contribution in [0.1, 0.15) is 5.56 Å². The number of nitrogens with two attached hydrogens (primary N) is 2. The highest BCUT2D eigenvalue weighted by molar-refractivity contribution is 5.95.